The lowest BCUT2D eigenvalue weighted by Crippen LogP contribution is -2.46. The van der Waals surface area contributed by atoms with Crippen molar-refractivity contribution >= 4 is 23.3 Å². The summed E-state index contributed by atoms with van der Waals surface area (Å²) in [6.07, 6.45) is 3.15. The molecule has 0 spiro atoms. The first-order valence-electron chi connectivity index (χ1n) is 10.3. The van der Waals surface area contributed by atoms with Gasteiger partial charge in [0, 0.05) is 24.3 Å². The number of likely N-dealkylation sites (tertiary alicyclic amines) is 1. The highest BCUT2D eigenvalue weighted by Crippen LogP contribution is 2.18. The van der Waals surface area contributed by atoms with Crippen molar-refractivity contribution in [3.8, 4) is 5.75 Å². The molecule has 158 valence electrons. The van der Waals surface area contributed by atoms with Crippen LogP contribution in [0.15, 0.2) is 48.5 Å². The number of hydrogen-bond acceptors (Lipinski definition) is 4. The fourth-order valence-electron chi connectivity index (χ4n) is 3.44. The zero-order valence-electron chi connectivity index (χ0n) is 17.6. The van der Waals surface area contributed by atoms with Crippen LogP contribution < -0.4 is 9.64 Å². The van der Waals surface area contributed by atoms with E-state index in [1.807, 2.05) is 36.1 Å². The highest BCUT2D eigenvalue weighted by molar-refractivity contribution is 5.99. The second-order valence-electron chi connectivity index (χ2n) is 7.63. The van der Waals surface area contributed by atoms with Crippen molar-refractivity contribution < 1.29 is 19.1 Å². The van der Waals surface area contributed by atoms with E-state index < -0.39 is 0 Å². The Labute approximate surface area is 177 Å². The van der Waals surface area contributed by atoms with Crippen molar-refractivity contribution in [1.82, 2.24) is 4.90 Å². The molecule has 2 amide bonds. The van der Waals surface area contributed by atoms with Gasteiger partial charge in [0.05, 0.1) is 0 Å². The van der Waals surface area contributed by atoms with Crippen LogP contribution in [0, 0.1) is 6.92 Å². The molecule has 2 aromatic carbocycles. The lowest BCUT2D eigenvalue weighted by atomic mass is 10.1. The number of nitrogens with zero attached hydrogens (tertiary/aromatic N) is 2. The van der Waals surface area contributed by atoms with Crippen molar-refractivity contribution in [2.24, 2.45) is 0 Å². The van der Waals surface area contributed by atoms with Gasteiger partial charge in [-0.1, -0.05) is 17.7 Å². The van der Waals surface area contributed by atoms with E-state index in [1.165, 1.54) is 11.8 Å². The molecule has 1 saturated heterocycles. The van der Waals surface area contributed by atoms with Crippen LogP contribution in [0.25, 0.3) is 0 Å². The summed E-state index contributed by atoms with van der Waals surface area (Å²) in [5.41, 5.74) is 2.34. The normalized spacial score (nSPS) is 13.6. The molecule has 0 saturated carbocycles. The van der Waals surface area contributed by atoms with Crippen LogP contribution in [0.1, 0.15) is 42.1 Å². The molecule has 0 N–H and O–H groups in total. The van der Waals surface area contributed by atoms with E-state index >= 15 is 0 Å². The number of hydrogen-bond donors (Lipinski definition) is 0. The maximum atomic E-state index is 13.0. The summed E-state index contributed by atoms with van der Waals surface area (Å²) >= 11 is 0. The van der Waals surface area contributed by atoms with Gasteiger partial charge in [0.25, 0.3) is 5.91 Å². The highest BCUT2D eigenvalue weighted by Gasteiger charge is 2.24. The minimum absolute atomic E-state index is 0.00543. The summed E-state index contributed by atoms with van der Waals surface area (Å²) in [5, 5.41) is 0. The van der Waals surface area contributed by atoms with Gasteiger partial charge in [-0.15, -0.1) is 0 Å². The number of piperidine rings is 1. The first-order valence-corrected chi connectivity index (χ1v) is 10.3. The fourth-order valence-corrected chi connectivity index (χ4v) is 3.44. The van der Waals surface area contributed by atoms with Gasteiger partial charge in [0.1, 0.15) is 12.3 Å². The molecule has 30 heavy (non-hydrogen) atoms. The molecule has 0 aliphatic carbocycles. The van der Waals surface area contributed by atoms with Gasteiger partial charge < -0.3 is 14.5 Å². The standard InChI is InChI=1S/C24H28N2O4/c1-18-6-10-21(11-7-18)26(16-23(28)25-14-4-3-5-15-25)24(29)17-30-22-12-8-20(9-13-22)19(2)27/h6-13H,3-5,14-17H2,1-2H3. The Hall–Kier alpha value is -3.15. The molecule has 0 atom stereocenters. The number of Topliss-reactive ketones (excluding diaryl/α,β-unsaturated/α-hetero) is 1. The molecule has 1 fully saturated rings. The molecular formula is C24H28N2O4. The zero-order valence-corrected chi connectivity index (χ0v) is 17.6. The van der Waals surface area contributed by atoms with E-state index in [2.05, 4.69) is 0 Å². The van der Waals surface area contributed by atoms with Crippen LogP contribution in [-0.2, 0) is 9.59 Å². The Kier molecular flexibility index (Phi) is 7.22. The smallest absolute Gasteiger partial charge is 0.265 e. The molecule has 3 rings (SSSR count). The molecular weight excluding hydrogens is 380 g/mol. The van der Waals surface area contributed by atoms with Crippen molar-refractivity contribution in [1.29, 1.82) is 0 Å². The third kappa shape index (κ3) is 5.69. The predicted molar refractivity (Wildman–Crippen MR) is 116 cm³/mol. The Morgan fingerprint density at radius 2 is 1.57 bits per heavy atom. The average Bonchev–Trinajstić information content (AvgIpc) is 2.77. The van der Waals surface area contributed by atoms with E-state index in [-0.39, 0.29) is 30.7 Å². The fraction of sp³-hybridized carbons (Fsp3) is 0.375. The Balaban J connectivity index is 1.69. The first kappa shape index (κ1) is 21.6. The van der Waals surface area contributed by atoms with Gasteiger partial charge in [-0.3, -0.25) is 14.4 Å². The predicted octanol–water partition coefficient (Wildman–Crippen LogP) is 3.62. The minimum atomic E-state index is -0.292. The van der Waals surface area contributed by atoms with Gasteiger partial charge in [-0.2, -0.15) is 0 Å². The van der Waals surface area contributed by atoms with Crippen LogP contribution in [-0.4, -0.2) is 48.7 Å². The molecule has 2 aromatic rings. The maximum absolute atomic E-state index is 13.0. The Morgan fingerprint density at radius 1 is 0.933 bits per heavy atom. The van der Waals surface area contributed by atoms with Crippen molar-refractivity contribution in [3.63, 3.8) is 0 Å². The number of benzene rings is 2. The topological polar surface area (TPSA) is 66.9 Å². The zero-order chi connectivity index (χ0) is 21.5. The number of anilines is 1. The van der Waals surface area contributed by atoms with Gasteiger partial charge in [0.2, 0.25) is 5.91 Å². The van der Waals surface area contributed by atoms with E-state index in [0.717, 1.165) is 37.9 Å². The number of amides is 2. The number of rotatable bonds is 7. The molecule has 0 aromatic heterocycles. The molecule has 6 nitrogen and oxygen atoms in total. The second-order valence-corrected chi connectivity index (χ2v) is 7.63. The number of carbonyl (C=O) groups is 3. The maximum Gasteiger partial charge on any atom is 0.265 e. The molecule has 1 heterocycles. The van der Waals surface area contributed by atoms with Crippen LogP contribution in [0.3, 0.4) is 0 Å². The molecule has 0 bridgehead atoms. The van der Waals surface area contributed by atoms with Crippen LogP contribution >= 0.6 is 0 Å². The van der Waals surface area contributed by atoms with Crippen LogP contribution in [0.5, 0.6) is 5.75 Å². The third-order valence-corrected chi connectivity index (χ3v) is 5.27. The van der Waals surface area contributed by atoms with E-state index in [9.17, 15) is 14.4 Å². The summed E-state index contributed by atoms with van der Waals surface area (Å²) in [6.45, 7) is 4.76. The van der Waals surface area contributed by atoms with Gasteiger partial charge in [-0.25, -0.2) is 0 Å². The largest absolute Gasteiger partial charge is 0.484 e. The van der Waals surface area contributed by atoms with E-state index in [1.54, 1.807) is 24.3 Å². The molecule has 6 heteroatoms. The Morgan fingerprint density at radius 3 is 2.17 bits per heavy atom. The second kappa shape index (κ2) is 10.1. The summed E-state index contributed by atoms with van der Waals surface area (Å²) < 4.78 is 5.63. The summed E-state index contributed by atoms with van der Waals surface area (Å²) in [4.78, 5) is 40.5. The van der Waals surface area contributed by atoms with E-state index in [0.29, 0.717) is 17.0 Å². The number of ether oxygens (including phenoxy) is 1. The summed E-state index contributed by atoms with van der Waals surface area (Å²) in [7, 11) is 0. The number of carbonyl (C=O) groups excluding carboxylic acids is 3. The average molecular weight is 408 g/mol. The molecule has 1 aliphatic rings. The monoisotopic (exact) mass is 408 g/mol. The number of aryl methyl sites for hydroxylation is 1. The van der Waals surface area contributed by atoms with Crippen molar-refractivity contribution in [2.45, 2.75) is 33.1 Å². The van der Waals surface area contributed by atoms with Crippen molar-refractivity contribution in [3.05, 3.63) is 59.7 Å². The van der Waals surface area contributed by atoms with Crippen LogP contribution in [0.2, 0.25) is 0 Å². The van der Waals surface area contributed by atoms with E-state index in [4.69, 9.17) is 4.74 Å². The van der Waals surface area contributed by atoms with Gasteiger partial charge >= 0.3 is 0 Å². The van der Waals surface area contributed by atoms with Crippen LogP contribution in [0.4, 0.5) is 5.69 Å². The van der Waals surface area contributed by atoms with Gasteiger partial charge in [0.15, 0.2) is 12.4 Å². The SMILES string of the molecule is CC(=O)c1ccc(OCC(=O)N(CC(=O)N2CCCCC2)c2ccc(C)cc2)cc1. The lowest BCUT2D eigenvalue weighted by Gasteiger charge is -2.30. The molecule has 0 radical (unpaired) electrons. The lowest BCUT2D eigenvalue weighted by molar-refractivity contribution is -0.132. The molecule has 1 aliphatic heterocycles. The van der Waals surface area contributed by atoms with Crippen molar-refractivity contribution in [2.75, 3.05) is 31.1 Å². The van der Waals surface area contributed by atoms with Gasteiger partial charge in [-0.05, 0) is 69.5 Å². The number of ketones is 1. The highest BCUT2D eigenvalue weighted by atomic mass is 16.5. The quantitative estimate of drug-likeness (QED) is 0.657. The minimum Gasteiger partial charge on any atom is -0.484 e. The summed E-state index contributed by atoms with van der Waals surface area (Å²) in [5.74, 6) is 0.133. The molecule has 0 unspecified atom stereocenters. The third-order valence-electron chi connectivity index (χ3n) is 5.27. The summed E-state index contributed by atoms with van der Waals surface area (Å²) in [6, 6.07) is 14.2. The Bertz CT molecular complexity index is 884. The first-order chi connectivity index (χ1) is 14.4.